The summed E-state index contributed by atoms with van der Waals surface area (Å²) in [5.74, 6) is 3.75. The number of terminal acetylenes is 1. The van der Waals surface area contributed by atoms with Crippen molar-refractivity contribution >= 4 is 11.6 Å². The lowest BCUT2D eigenvalue weighted by molar-refractivity contribution is 0.326. The predicted octanol–water partition coefficient (Wildman–Crippen LogP) is 2.61. The van der Waals surface area contributed by atoms with Crippen LogP contribution in [0.4, 0.5) is 0 Å². The van der Waals surface area contributed by atoms with Crippen LogP contribution in [0.2, 0.25) is 5.02 Å². The third-order valence-corrected chi connectivity index (χ3v) is 2.99. The summed E-state index contributed by atoms with van der Waals surface area (Å²) in [6, 6.07) is 4.23. The number of hydrogen-bond acceptors (Lipinski definition) is 3. The van der Waals surface area contributed by atoms with Crippen molar-refractivity contribution in [2.24, 2.45) is 0 Å². The topological polar surface area (TPSA) is 30.5 Å². The summed E-state index contributed by atoms with van der Waals surface area (Å²) in [6.07, 6.45) is 7.69. The van der Waals surface area contributed by atoms with Crippen molar-refractivity contribution in [1.82, 2.24) is 5.32 Å². The number of halogens is 1. The van der Waals surface area contributed by atoms with Crippen LogP contribution in [-0.4, -0.2) is 19.8 Å². The van der Waals surface area contributed by atoms with Crippen molar-refractivity contribution in [3.63, 3.8) is 0 Å². The van der Waals surface area contributed by atoms with Crippen LogP contribution in [0.1, 0.15) is 18.4 Å². The number of hydrogen-bond donors (Lipinski definition) is 1. The molecule has 4 heteroatoms. The first-order chi connectivity index (χ1) is 8.74. The first kappa shape index (κ1) is 13.1. The molecule has 0 heterocycles. The van der Waals surface area contributed by atoms with Gasteiger partial charge in [0.1, 0.15) is 6.61 Å². The van der Waals surface area contributed by atoms with E-state index in [1.54, 1.807) is 13.2 Å². The molecule has 1 N–H and O–H groups in total. The second-order valence-electron chi connectivity index (χ2n) is 4.24. The van der Waals surface area contributed by atoms with E-state index in [-0.39, 0.29) is 6.61 Å². The van der Waals surface area contributed by atoms with Gasteiger partial charge in [0.2, 0.25) is 0 Å². The first-order valence-electron chi connectivity index (χ1n) is 5.90. The maximum Gasteiger partial charge on any atom is 0.167 e. The van der Waals surface area contributed by atoms with E-state index in [1.165, 1.54) is 12.8 Å². The van der Waals surface area contributed by atoms with E-state index in [4.69, 9.17) is 27.5 Å². The van der Waals surface area contributed by atoms with Crippen LogP contribution >= 0.6 is 11.6 Å². The molecule has 3 nitrogen and oxygen atoms in total. The Morgan fingerprint density at radius 1 is 1.50 bits per heavy atom. The van der Waals surface area contributed by atoms with E-state index in [1.807, 2.05) is 6.07 Å². The molecule has 96 valence electrons. The molecule has 1 aliphatic carbocycles. The minimum Gasteiger partial charge on any atom is -0.493 e. The van der Waals surface area contributed by atoms with E-state index >= 15 is 0 Å². The van der Waals surface area contributed by atoms with E-state index in [0.717, 1.165) is 5.56 Å². The molecule has 1 aromatic rings. The molecule has 0 aliphatic heterocycles. The van der Waals surface area contributed by atoms with E-state index < -0.39 is 0 Å². The van der Waals surface area contributed by atoms with Crippen LogP contribution in [0.25, 0.3) is 0 Å². The third kappa shape index (κ3) is 3.32. The van der Waals surface area contributed by atoms with Crippen molar-refractivity contribution < 1.29 is 9.47 Å². The SMILES string of the molecule is C#CCOc1c(CNC2CC2)cc(Cl)cc1OC. The van der Waals surface area contributed by atoms with E-state index in [2.05, 4.69) is 11.2 Å². The Hall–Kier alpha value is -1.37. The van der Waals surface area contributed by atoms with E-state index in [0.29, 0.717) is 29.1 Å². The van der Waals surface area contributed by atoms with Crippen LogP contribution in [0.15, 0.2) is 12.1 Å². The lowest BCUT2D eigenvalue weighted by atomic mass is 10.2. The number of benzene rings is 1. The fourth-order valence-electron chi connectivity index (χ4n) is 1.73. The van der Waals surface area contributed by atoms with Crippen molar-refractivity contribution in [3.8, 4) is 23.8 Å². The van der Waals surface area contributed by atoms with Gasteiger partial charge in [-0.25, -0.2) is 0 Å². The Balaban J connectivity index is 2.21. The Bertz CT molecular complexity index is 464. The van der Waals surface area contributed by atoms with Crippen molar-refractivity contribution in [2.75, 3.05) is 13.7 Å². The molecule has 0 amide bonds. The molecule has 0 atom stereocenters. The lowest BCUT2D eigenvalue weighted by Gasteiger charge is -2.15. The monoisotopic (exact) mass is 265 g/mol. The van der Waals surface area contributed by atoms with Gasteiger partial charge in [0, 0.05) is 29.2 Å². The molecule has 18 heavy (non-hydrogen) atoms. The number of ether oxygens (including phenoxy) is 2. The smallest absolute Gasteiger partial charge is 0.167 e. The summed E-state index contributed by atoms with van der Waals surface area (Å²) in [5, 5.41) is 4.05. The predicted molar refractivity (Wildman–Crippen MR) is 72.2 cm³/mol. The maximum atomic E-state index is 6.06. The molecule has 1 aliphatic rings. The molecule has 0 saturated heterocycles. The molecule has 1 fully saturated rings. The summed E-state index contributed by atoms with van der Waals surface area (Å²) < 4.78 is 10.8. The normalized spacial score (nSPS) is 14.1. The highest BCUT2D eigenvalue weighted by atomic mass is 35.5. The second kappa shape index (κ2) is 5.99. The Labute approximate surface area is 112 Å². The average Bonchev–Trinajstić information content (AvgIpc) is 3.18. The number of nitrogens with one attached hydrogen (secondary N) is 1. The van der Waals surface area contributed by atoms with Crippen molar-refractivity contribution in [2.45, 2.75) is 25.4 Å². The zero-order chi connectivity index (χ0) is 13.0. The molecule has 1 saturated carbocycles. The summed E-state index contributed by atoms with van der Waals surface area (Å²) in [6.45, 7) is 0.927. The molecule has 0 unspecified atom stereocenters. The molecule has 0 spiro atoms. The minimum atomic E-state index is 0.217. The minimum absolute atomic E-state index is 0.217. The maximum absolute atomic E-state index is 6.06. The van der Waals surface area contributed by atoms with Crippen LogP contribution in [0.3, 0.4) is 0 Å². The van der Waals surface area contributed by atoms with Gasteiger partial charge in [-0.15, -0.1) is 6.42 Å². The molecular weight excluding hydrogens is 250 g/mol. The van der Waals surface area contributed by atoms with Gasteiger partial charge in [0.15, 0.2) is 11.5 Å². The Morgan fingerprint density at radius 3 is 2.89 bits per heavy atom. The highest BCUT2D eigenvalue weighted by Crippen LogP contribution is 2.35. The van der Waals surface area contributed by atoms with Gasteiger partial charge >= 0.3 is 0 Å². The van der Waals surface area contributed by atoms with E-state index in [9.17, 15) is 0 Å². The third-order valence-electron chi connectivity index (χ3n) is 2.77. The molecule has 0 aromatic heterocycles. The standard InChI is InChI=1S/C14H16ClNO2/c1-3-6-18-14-10(9-16-12-4-5-12)7-11(15)8-13(14)17-2/h1,7-8,12,16H,4-6,9H2,2H3. The summed E-state index contributed by atoms with van der Waals surface area (Å²) in [5.41, 5.74) is 0.974. The average molecular weight is 266 g/mol. The van der Waals surface area contributed by atoms with Gasteiger partial charge in [-0.1, -0.05) is 17.5 Å². The Kier molecular flexibility index (Phi) is 4.35. The van der Waals surface area contributed by atoms with Crippen LogP contribution in [0.5, 0.6) is 11.5 Å². The van der Waals surface area contributed by atoms with Gasteiger partial charge in [-0.3, -0.25) is 0 Å². The zero-order valence-corrected chi connectivity index (χ0v) is 11.1. The van der Waals surface area contributed by atoms with Gasteiger partial charge in [0.05, 0.1) is 7.11 Å². The van der Waals surface area contributed by atoms with Crippen molar-refractivity contribution in [1.29, 1.82) is 0 Å². The Morgan fingerprint density at radius 2 is 2.28 bits per heavy atom. The highest BCUT2D eigenvalue weighted by molar-refractivity contribution is 6.30. The summed E-state index contributed by atoms with van der Waals surface area (Å²) >= 11 is 6.06. The van der Waals surface area contributed by atoms with Gasteiger partial charge < -0.3 is 14.8 Å². The molecule has 0 radical (unpaired) electrons. The van der Waals surface area contributed by atoms with Crippen molar-refractivity contribution in [3.05, 3.63) is 22.7 Å². The van der Waals surface area contributed by atoms with Crippen LogP contribution in [-0.2, 0) is 6.54 Å². The lowest BCUT2D eigenvalue weighted by Crippen LogP contribution is -2.16. The van der Waals surface area contributed by atoms with Crippen LogP contribution in [0, 0.1) is 12.3 Å². The largest absolute Gasteiger partial charge is 0.493 e. The van der Waals surface area contributed by atoms with Gasteiger partial charge in [-0.2, -0.15) is 0 Å². The molecular formula is C14H16ClNO2. The molecule has 0 bridgehead atoms. The summed E-state index contributed by atoms with van der Waals surface area (Å²) in [7, 11) is 1.59. The highest BCUT2D eigenvalue weighted by Gasteiger charge is 2.21. The van der Waals surface area contributed by atoms with Gasteiger partial charge in [-0.05, 0) is 18.9 Å². The first-order valence-corrected chi connectivity index (χ1v) is 6.28. The quantitative estimate of drug-likeness (QED) is 0.802. The fraction of sp³-hybridized carbons (Fsp3) is 0.429. The number of methoxy groups -OCH3 is 1. The molecule has 2 rings (SSSR count). The molecule has 1 aromatic carbocycles. The number of rotatable bonds is 6. The second-order valence-corrected chi connectivity index (χ2v) is 4.68. The summed E-state index contributed by atoms with van der Waals surface area (Å²) in [4.78, 5) is 0. The van der Waals surface area contributed by atoms with Gasteiger partial charge in [0.25, 0.3) is 0 Å². The van der Waals surface area contributed by atoms with Crippen LogP contribution < -0.4 is 14.8 Å². The zero-order valence-electron chi connectivity index (χ0n) is 10.3. The fourth-order valence-corrected chi connectivity index (χ4v) is 1.96.